The number of aromatic nitrogens is 3. The zero-order valence-corrected chi connectivity index (χ0v) is 14.0. The highest BCUT2D eigenvalue weighted by atomic mass is 16.2. The van der Waals surface area contributed by atoms with Crippen LogP contribution in [0.1, 0.15) is 41.1 Å². The molecule has 0 unspecified atom stereocenters. The lowest BCUT2D eigenvalue weighted by molar-refractivity contribution is 0.0754. The quantitative estimate of drug-likeness (QED) is 0.935. The Kier molecular flexibility index (Phi) is 5.03. The molecule has 2 N–H and O–H groups in total. The van der Waals surface area contributed by atoms with Crippen LogP contribution in [0.3, 0.4) is 0 Å². The molecule has 0 bridgehead atoms. The number of likely N-dealkylation sites (tertiary alicyclic amines) is 1. The molecule has 1 atom stereocenters. The molecule has 1 fully saturated rings. The molecule has 0 radical (unpaired) electrons. The van der Waals surface area contributed by atoms with Crippen molar-refractivity contribution in [3.05, 3.63) is 47.7 Å². The molecule has 1 aliphatic rings. The standard InChI is InChI=1S/C18H23N5O/c1-13-4-2-6-16(22-13)18(24)23-8-3-5-14(7-9-23)10-15-11-21-17(19)12-20-15/h2,4,6,11-12,14H,3,5,7-10H2,1H3,(H2,19,21)/t14-/m1/s1. The molecule has 6 heteroatoms. The predicted octanol–water partition coefficient (Wildman–Crippen LogP) is 2.25. The fraction of sp³-hybridized carbons (Fsp3) is 0.444. The Morgan fingerprint density at radius 2 is 2.12 bits per heavy atom. The van der Waals surface area contributed by atoms with E-state index in [0.29, 0.717) is 17.4 Å². The van der Waals surface area contributed by atoms with Crippen LogP contribution in [0.2, 0.25) is 0 Å². The summed E-state index contributed by atoms with van der Waals surface area (Å²) < 4.78 is 0. The number of carbonyl (C=O) groups is 1. The number of nitrogens with two attached hydrogens (primary N) is 1. The maximum Gasteiger partial charge on any atom is 0.272 e. The number of amides is 1. The van der Waals surface area contributed by atoms with Gasteiger partial charge in [0.2, 0.25) is 0 Å². The largest absolute Gasteiger partial charge is 0.382 e. The van der Waals surface area contributed by atoms with Crippen molar-refractivity contribution in [1.29, 1.82) is 0 Å². The second kappa shape index (κ2) is 7.38. The molecule has 1 amide bonds. The first-order valence-corrected chi connectivity index (χ1v) is 8.41. The normalized spacial score (nSPS) is 18.2. The van der Waals surface area contributed by atoms with E-state index >= 15 is 0 Å². The van der Waals surface area contributed by atoms with E-state index < -0.39 is 0 Å². The Hall–Kier alpha value is -2.50. The Morgan fingerprint density at radius 1 is 1.25 bits per heavy atom. The molecule has 2 aromatic rings. The SMILES string of the molecule is Cc1cccc(C(=O)N2CCC[C@@H](Cc3cnc(N)cn3)CC2)n1. The van der Waals surface area contributed by atoms with Gasteiger partial charge in [0, 0.05) is 18.8 Å². The van der Waals surface area contributed by atoms with Crippen LogP contribution in [0.15, 0.2) is 30.6 Å². The van der Waals surface area contributed by atoms with E-state index in [0.717, 1.165) is 50.2 Å². The Labute approximate surface area is 142 Å². The summed E-state index contributed by atoms with van der Waals surface area (Å²) in [6.07, 6.45) is 7.31. The monoisotopic (exact) mass is 325 g/mol. The summed E-state index contributed by atoms with van der Waals surface area (Å²) in [4.78, 5) is 27.4. The zero-order chi connectivity index (χ0) is 16.9. The van der Waals surface area contributed by atoms with Gasteiger partial charge in [0.25, 0.3) is 5.91 Å². The van der Waals surface area contributed by atoms with Gasteiger partial charge in [0.1, 0.15) is 11.5 Å². The Balaban J connectivity index is 1.60. The first kappa shape index (κ1) is 16.4. The van der Waals surface area contributed by atoms with Gasteiger partial charge in [-0.15, -0.1) is 0 Å². The van der Waals surface area contributed by atoms with Gasteiger partial charge in [-0.05, 0) is 50.7 Å². The molecule has 126 valence electrons. The summed E-state index contributed by atoms with van der Waals surface area (Å²) in [7, 11) is 0. The van der Waals surface area contributed by atoms with Crippen LogP contribution in [-0.4, -0.2) is 38.8 Å². The van der Waals surface area contributed by atoms with Gasteiger partial charge in [0.15, 0.2) is 0 Å². The summed E-state index contributed by atoms with van der Waals surface area (Å²) in [5.41, 5.74) is 7.96. The van der Waals surface area contributed by atoms with Gasteiger partial charge < -0.3 is 10.6 Å². The average Bonchev–Trinajstić information content (AvgIpc) is 2.82. The number of nitrogens with zero attached hydrogens (tertiary/aromatic N) is 4. The highest BCUT2D eigenvalue weighted by molar-refractivity contribution is 5.92. The lowest BCUT2D eigenvalue weighted by atomic mass is 9.95. The van der Waals surface area contributed by atoms with E-state index in [-0.39, 0.29) is 5.91 Å². The van der Waals surface area contributed by atoms with E-state index in [4.69, 9.17) is 5.73 Å². The van der Waals surface area contributed by atoms with Gasteiger partial charge >= 0.3 is 0 Å². The first-order valence-electron chi connectivity index (χ1n) is 8.41. The highest BCUT2D eigenvalue weighted by Gasteiger charge is 2.22. The minimum absolute atomic E-state index is 0.0339. The van der Waals surface area contributed by atoms with Crippen LogP contribution < -0.4 is 5.73 Å². The molecule has 0 saturated carbocycles. The molecule has 24 heavy (non-hydrogen) atoms. The molecule has 3 heterocycles. The average molecular weight is 325 g/mol. The van der Waals surface area contributed by atoms with Crippen LogP contribution in [0.5, 0.6) is 0 Å². The van der Waals surface area contributed by atoms with Crippen LogP contribution in [-0.2, 0) is 6.42 Å². The van der Waals surface area contributed by atoms with E-state index in [1.54, 1.807) is 18.5 Å². The molecule has 0 spiro atoms. The number of anilines is 1. The molecular formula is C18H23N5O. The highest BCUT2D eigenvalue weighted by Crippen LogP contribution is 2.22. The second-order valence-electron chi connectivity index (χ2n) is 6.39. The number of aryl methyl sites for hydroxylation is 1. The van der Waals surface area contributed by atoms with E-state index in [2.05, 4.69) is 15.0 Å². The Bertz CT molecular complexity index is 701. The number of nitrogen functional groups attached to an aromatic ring is 1. The third-order valence-electron chi connectivity index (χ3n) is 4.47. The molecule has 0 aromatic carbocycles. The first-order chi connectivity index (χ1) is 11.6. The van der Waals surface area contributed by atoms with Gasteiger partial charge in [0.05, 0.1) is 18.1 Å². The third-order valence-corrected chi connectivity index (χ3v) is 4.47. The molecule has 6 nitrogen and oxygen atoms in total. The van der Waals surface area contributed by atoms with Crippen molar-refractivity contribution < 1.29 is 4.79 Å². The predicted molar refractivity (Wildman–Crippen MR) is 92.4 cm³/mol. The summed E-state index contributed by atoms with van der Waals surface area (Å²) in [6, 6.07) is 5.58. The molecule has 1 saturated heterocycles. The topological polar surface area (TPSA) is 85.0 Å². The molecule has 1 aliphatic heterocycles. The van der Waals surface area contributed by atoms with Crippen LogP contribution in [0.4, 0.5) is 5.82 Å². The van der Waals surface area contributed by atoms with Crippen molar-refractivity contribution in [3.63, 3.8) is 0 Å². The van der Waals surface area contributed by atoms with Gasteiger partial charge in [-0.3, -0.25) is 9.78 Å². The lowest BCUT2D eigenvalue weighted by Crippen LogP contribution is -2.32. The van der Waals surface area contributed by atoms with Crippen molar-refractivity contribution in [2.45, 2.75) is 32.6 Å². The van der Waals surface area contributed by atoms with Gasteiger partial charge in [-0.2, -0.15) is 0 Å². The fourth-order valence-corrected chi connectivity index (χ4v) is 3.16. The number of rotatable bonds is 3. The van der Waals surface area contributed by atoms with Crippen molar-refractivity contribution in [3.8, 4) is 0 Å². The third kappa shape index (κ3) is 4.07. The maximum absolute atomic E-state index is 12.6. The van der Waals surface area contributed by atoms with Crippen molar-refractivity contribution in [2.24, 2.45) is 5.92 Å². The number of pyridine rings is 1. The fourth-order valence-electron chi connectivity index (χ4n) is 3.16. The van der Waals surface area contributed by atoms with E-state index in [9.17, 15) is 4.79 Å². The summed E-state index contributed by atoms with van der Waals surface area (Å²) in [5, 5.41) is 0. The van der Waals surface area contributed by atoms with Gasteiger partial charge in [-0.1, -0.05) is 6.07 Å². The number of hydrogen-bond donors (Lipinski definition) is 1. The molecule has 2 aromatic heterocycles. The lowest BCUT2D eigenvalue weighted by Gasteiger charge is -2.20. The number of hydrogen-bond acceptors (Lipinski definition) is 5. The van der Waals surface area contributed by atoms with Crippen molar-refractivity contribution >= 4 is 11.7 Å². The van der Waals surface area contributed by atoms with E-state index in [1.807, 2.05) is 24.0 Å². The second-order valence-corrected chi connectivity index (χ2v) is 6.39. The number of carbonyl (C=O) groups excluding carboxylic acids is 1. The maximum atomic E-state index is 12.6. The smallest absolute Gasteiger partial charge is 0.272 e. The van der Waals surface area contributed by atoms with Crippen LogP contribution in [0.25, 0.3) is 0 Å². The molecular weight excluding hydrogens is 302 g/mol. The minimum Gasteiger partial charge on any atom is -0.382 e. The molecule has 0 aliphatic carbocycles. The van der Waals surface area contributed by atoms with Crippen molar-refractivity contribution in [1.82, 2.24) is 19.9 Å². The zero-order valence-electron chi connectivity index (χ0n) is 14.0. The van der Waals surface area contributed by atoms with Crippen LogP contribution in [0, 0.1) is 12.8 Å². The Morgan fingerprint density at radius 3 is 2.88 bits per heavy atom. The minimum atomic E-state index is 0.0339. The summed E-state index contributed by atoms with van der Waals surface area (Å²) in [5.74, 6) is 1.000. The van der Waals surface area contributed by atoms with Crippen LogP contribution >= 0.6 is 0 Å². The van der Waals surface area contributed by atoms with Gasteiger partial charge in [-0.25, -0.2) is 9.97 Å². The summed E-state index contributed by atoms with van der Waals surface area (Å²) >= 11 is 0. The van der Waals surface area contributed by atoms with E-state index in [1.165, 1.54) is 0 Å². The summed E-state index contributed by atoms with van der Waals surface area (Å²) in [6.45, 7) is 3.46. The van der Waals surface area contributed by atoms with Crippen molar-refractivity contribution in [2.75, 3.05) is 18.8 Å². The molecule has 3 rings (SSSR count).